The van der Waals surface area contributed by atoms with Crippen LogP contribution in [0.5, 0.6) is 0 Å². The highest BCUT2D eigenvalue weighted by molar-refractivity contribution is 6.30. The average Bonchev–Trinajstić information content (AvgIpc) is 3.23. The molecule has 5 rings (SSSR count). The van der Waals surface area contributed by atoms with E-state index in [9.17, 15) is 18.4 Å². The zero-order valence-corrected chi connectivity index (χ0v) is 20.1. The van der Waals surface area contributed by atoms with E-state index in [2.05, 4.69) is 30.9 Å². The SMILES string of the molecule is C[C@@H](OC(=O)Nc1c(-c2ccc(NC(=O)[C@H]3C[C@@]4(CC4(F)F)C3)cn2)nnn1C)c1cccnc1Cl. The van der Waals surface area contributed by atoms with Gasteiger partial charge in [-0.25, -0.2) is 23.2 Å². The van der Waals surface area contributed by atoms with E-state index in [4.69, 9.17) is 16.3 Å². The second kappa shape index (κ2) is 8.77. The Balaban J connectivity index is 1.21. The van der Waals surface area contributed by atoms with Gasteiger partial charge in [-0.15, -0.1) is 5.10 Å². The Hall–Kier alpha value is -3.67. The van der Waals surface area contributed by atoms with E-state index in [-0.39, 0.29) is 41.8 Å². The molecule has 0 saturated heterocycles. The molecular weight excluding hydrogens is 496 g/mol. The van der Waals surface area contributed by atoms with Gasteiger partial charge in [0.1, 0.15) is 11.3 Å². The van der Waals surface area contributed by atoms with Crippen molar-refractivity contribution < 1.29 is 23.1 Å². The highest BCUT2D eigenvalue weighted by Crippen LogP contribution is 2.72. The van der Waals surface area contributed by atoms with Crippen LogP contribution in [0.1, 0.15) is 37.9 Å². The van der Waals surface area contributed by atoms with Crippen molar-refractivity contribution in [3.63, 3.8) is 0 Å². The van der Waals surface area contributed by atoms with E-state index < -0.39 is 29.5 Å². The van der Waals surface area contributed by atoms with Crippen LogP contribution < -0.4 is 10.6 Å². The quantitative estimate of drug-likeness (QED) is 0.457. The maximum absolute atomic E-state index is 13.4. The number of aromatic nitrogens is 5. The number of anilines is 2. The first-order valence-electron chi connectivity index (χ1n) is 11.2. The molecule has 0 aliphatic heterocycles. The van der Waals surface area contributed by atoms with Gasteiger partial charge in [0.05, 0.1) is 17.6 Å². The maximum atomic E-state index is 13.4. The molecule has 2 aliphatic rings. The number of nitrogens with one attached hydrogen (secondary N) is 2. The normalized spacial score (nSPS) is 22.4. The molecule has 3 aromatic rings. The number of carbonyl (C=O) groups excluding carboxylic acids is 2. The lowest BCUT2D eigenvalue weighted by Crippen LogP contribution is -2.38. The van der Waals surface area contributed by atoms with Crippen LogP contribution in [-0.2, 0) is 16.6 Å². The van der Waals surface area contributed by atoms with Crippen LogP contribution in [0.2, 0.25) is 5.15 Å². The van der Waals surface area contributed by atoms with Crippen molar-refractivity contribution in [3.05, 3.63) is 47.4 Å². The van der Waals surface area contributed by atoms with E-state index in [1.807, 2.05) is 0 Å². The van der Waals surface area contributed by atoms with E-state index in [1.165, 1.54) is 17.1 Å². The molecule has 1 spiro atoms. The number of carbonyl (C=O) groups is 2. The summed E-state index contributed by atoms with van der Waals surface area (Å²) < 4.78 is 33.5. The van der Waals surface area contributed by atoms with Gasteiger partial charge in [-0.1, -0.05) is 22.9 Å². The molecule has 0 radical (unpaired) electrons. The summed E-state index contributed by atoms with van der Waals surface area (Å²) in [5.74, 6) is -3.11. The maximum Gasteiger partial charge on any atom is 0.413 e. The topological polar surface area (TPSA) is 124 Å². The lowest BCUT2D eigenvalue weighted by molar-refractivity contribution is -0.126. The third-order valence-electron chi connectivity index (χ3n) is 6.69. The Kier molecular flexibility index (Phi) is 5.86. The number of pyridine rings is 2. The number of amides is 2. The predicted molar refractivity (Wildman–Crippen MR) is 125 cm³/mol. The summed E-state index contributed by atoms with van der Waals surface area (Å²) >= 11 is 6.06. The van der Waals surface area contributed by atoms with Gasteiger partial charge in [-0.2, -0.15) is 0 Å². The zero-order valence-electron chi connectivity index (χ0n) is 19.3. The molecule has 3 heterocycles. The molecule has 36 heavy (non-hydrogen) atoms. The molecule has 2 aliphatic carbocycles. The number of hydrogen-bond acceptors (Lipinski definition) is 7. The van der Waals surface area contributed by atoms with Gasteiger partial charge in [0.25, 0.3) is 5.92 Å². The molecule has 1 atom stereocenters. The van der Waals surface area contributed by atoms with E-state index in [0.717, 1.165) is 0 Å². The second-order valence-corrected chi connectivity index (χ2v) is 9.51. The average molecular weight is 518 g/mol. The fourth-order valence-corrected chi connectivity index (χ4v) is 4.74. The molecule has 188 valence electrons. The van der Waals surface area contributed by atoms with Crippen molar-refractivity contribution in [1.29, 1.82) is 0 Å². The summed E-state index contributed by atoms with van der Waals surface area (Å²) in [4.78, 5) is 33.2. The van der Waals surface area contributed by atoms with Crippen molar-refractivity contribution in [2.24, 2.45) is 18.4 Å². The Morgan fingerprint density at radius 3 is 2.61 bits per heavy atom. The Labute approximate surface area is 209 Å². The molecule has 2 amide bonds. The minimum absolute atomic E-state index is 0.127. The molecule has 0 aromatic carbocycles. The molecule has 3 aromatic heterocycles. The Bertz CT molecular complexity index is 1330. The lowest BCUT2D eigenvalue weighted by Gasteiger charge is -2.34. The largest absolute Gasteiger partial charge is 0.441 e. The third kappa shape index (κ3) is 4.36. The van der Waals surface area contributed by atoms with E-state index in [1.54, 1.807) is 38.2 Å². The van der Waals surface area contributed by atoms with Crippen LogP contribution in [0.15, 0.2) is 36.7 Å². The van der Waals surface area contributed by atoms with Gasteiger partial charge in [0.2, 0.25) is 5.91 Å². The lowest BCUT2D eigenvalue weighted by atomic mass is 9.71. The molecule has 2 saturated carbocycles. The number of hydrogen-bond donors (Lipinski definition) is 2. The van der Waals surface area contributed by atoms with Crippen molar-refractivity contribution in [3.8, 4) is 11.4 Å². The van der Waals surface area contributed by atoms with Crippen LogP contribution >= 0.6 is 11.6 Å². The minimum atomic E-state index is -2.63. The van der Waals surface area contributed by atoms with Crippen LogP contribution in [-0.4, -0.2) is 42.9 Å². The van der Waals surface area contributed by atoms with Crippen molar-refractivity contribution in [2.45, 2.75) is 38.2 Å². The fraction of sp³-hybridized carbons (Fsp3) is 0.391. The minimum Gasteiger partial charge on any atom is -0.441 e. The molecule has 13 heteroatoms. The first-order valence-corrected chi connectivity index (χ1v) is 11.6. The van der Waals surface area contributed by atoms with Gasteiger partial charge >= 0.3 is 6.09 Å². The summed E-state index contributed by atoms with van der Waals surface area (Å²) in [6, 6.07) is 6.61. The number of rotatable bonds is 6. The number of halogens is 3. The van der Waals surface area contributed by atoms with Gasteiger partial charge in [0.15, 0.2) is 11.5 Å². The van der Waals surface area contributed by atoms with Crippen LogP contribution in [0, 0.1) is 11.3 Å². The summed E-state index contributed by atoms with van der Waals surface area (Å²) in [5, 5.41) is 13.6. The molecule has 2 N–H and O–H groups in total. The predicted octanol–water partition coefficient (Wildman–Crippen LogP) is 4.61. The van der Waals surface area contributed by atoms with Crippen molar-refractivity contribution in [2.75, 3.05) is 10.6 Å². The van der Waals surface area contributed by atoms with Gasteiger partial charge in [0, 0.05) is 36.6 Å². The summed E-state index contributed by atoms with van der Waals surface area (Å²) in [7, 11) is 1.59. The Morgan fingerprint density at radius 2 is 1.97 bits per heavy atom. The second-order valence-electron chi connectivity index (χ2n) is 9.15. The van der Waals surface area contributed by atoms with Crippen LogP contribution in [0.4, 0.5) is 25.1 Å². The number of ether oxygens (including phenoxy) is 1. The first-order chi connectivity index (χ1) is 17.1. The molecule has 0 bridgehead atoms. The van der Waals surface area contributed by atoms with Crippen molar-refractivity contribution in [1.82, 2.24) is 25.0 Å². The molecule has 10 nitrogen and oxygen atoms in total. The van der Waals surface area contributed by atoms with Crippen molar-refractivity contribution >= 4 is 35.1 Å². The third-order valence-corrected chi connectivity index (χ3v) is 7.00. The zero-order chi connectivity index (χ0) is 25.7. The number of alkyl halides is 2. The molecule has 0 unspecified atom stereocenters. The highest BCUT2D eigenvalue weighted by Gasteiger charge is 2.76. The van der Waals surface area contributed by atoms with E-state index >= 15 is 0 Å². The Morgan fingerprint density at radius 1 is 1.22 bits per heavy atom. The van der Waals surface area contributed by atoms with Gasteiger partial charge < -0.3 is 10.1 Å². The standard InChI is InChI=1S/C23H22ClF2N7O3/c1-12(15-4-3-7-27-18(15)24)36-21(35)30-19-17(31-32-33(19)2)16-6-5-14(10-28-16)29-20(34)13-8-22(9-13)11-23(22,25)26/h3-7,10,12-13H,8-9,11H2,1-2H3,(H,29,34)(H,30,35)/t12-,13-,22-/m1/s1. The van der Waals surface area contributed by atoms with Crippen LogP contribution in [0.3, 0.4) is 0 Å². The number of aryl methyl sites for hydroxylation is 1. The first kappa shape index (κ1) is 24.0. The van der Waals surface area contributed by atoms with Gasteiger partial charge in [-0.05, 0) is 38.0 Å². The summed E-state index contributed by atoms with van der Waals surface area (Å²) in [5.41, 5.74) is 0.693. The smallest absolute Gasteiger partial charge is 0.413 e. The van der Waals surface area contributed by atoms with Gasteiger partial charge in [-0.3, -0.25) is 15.1 Å². The molecule has 2 fully saturated rings. The highest BCUT2D eigenvalue weighted by atomic mass is 35.5. The fourth-order valence-electron chi connectivity index (χ4n) is 4.47. The van der Waals surface area contributed by atoms with E-state index in [0.29, 0.717) is 16.9 Å². The monoisotopic (exact) mass is 517 g/mol. The summed E-state index contributed by atoms with van der Waals surface area (Å²) in [6.45, 7) is 1.67. The van der Waals surface area contributed by atoms with Crippen LogP contribution in [0.25, 0.3) is 11.4 Å². The summed E-state index contributed by atoms with van der Waals surface area (Å²) in [6.07, 6.45) is 1.83. The number of nitrogens with zero attached hydrogens (tertiary/aromatic N) is 5. The molecular formula is C23H22ClF2N7O3.